The van der Waals surface area contributed by atoms with Gasteiger partial charge in [-0.15, -0.1) is 0 Å². The zero-order chi connectivity index (χ0) is 11.4. The maximum Gasteiger partial charge on any atom is 0.331 e. The van der Waals surface area contributed by atoms with Crippen LogP contribution in [-0.4, -0.2) is 12.1 Å². The highest BCUT2D eigenvalue weighted by atomic mass is 16.5. The molecule has 0 spiro atoms. The fraction of sp³-hybridized carbons (Fsp3) is 0.308. The van der Waals surface area contributed by atoms with Gasteiger partial charge in [0.2, 0.25) is 0 Å². The van der Waals surface area contributed by atoms with Crippen LogP contribution in [0.2, 0.25) is 0 Å². The molecule has 3 heteroatoms. The second-order valence-corrected chi connectivity index (χ2v) is 3.99. The van der Waals surface area contributed by atoms with Crippen LogP contribution in [0.3, 0.4) is 0 Å². The lowest BCUT2D eigenvalue weighted by Crippen LogP contribution is -2.23. The van der Waals surface area contributed by atoms with Crippen LogP contribution in [0.25, 0.3) is 6.08 Å². The van der Waals surface area contributed by atoms with Crippen LogP contribution in [-0.2, 0) is 9.53 Å². The molecule has 0 atom stereocenters. The molecule has 0 heterocycles. The van der Waals surface area contributed by atoms with Crippen LogP contribution >= 0.6 is 0 Å². The van der Waals surface area contributed by atoms with Crippen molar-refractivity contribution in [1.82, 2.24) is 0 Å². The van der Waals surface area contributed by atoms with E-state index in [1.165, 1.54) is 6.08 Å². The Morgan fingerprint density at radius 1 is 1.44 bits per heavy atom. The van der Waals surface area contributed by atoms with Gasteiger partial charge in [-0.2, -0.15) is 0 Å². The average molecular weight is 217 g/mol. The van der Waals surface area contributed by atoms with E-state index in [0.29, 0.717) is 5.69 Å². The molecule has 1 aliphatic carbocycles. The van der Waals surface area contributed by atoms with E-state index in [-0.39, 0.29) is 12.1 Å². The molecule has 0 aromatic heterocycles. The van der Waals surface area contributed by atoms with Gasteiger partial charge >= 0.3 is 5.97 Å². The smallest absolute Gasteiger partial charge is 0.331 e. The van der Waals surface area contributed by atoms with Gasteiger partial charge in [-0.05, 0) is 43.0 Å². The molecule has 2 rings (SSSR count). The van der Waals surface area contributed by atoms with Crippen molar-refractivity contribution in [1.29, 1.82) is 0 Å². The molecular weight excluding hydrogens is 202 g/mol. The van der Waals surface area contributed by atoms with E-state index in [9.17, 15) is 4.79 Å². The molecule has 3 nitrogen and oxygen atoms in total. The summed E-state index contributed by atoms with van der Waals surface area (Å²) in [7, 11) is 0. The minimum absolute atomic E-state index is 0.137. The molecule has 0 unspecified atom stereocenters. The summed E-state index contributed by atoms with van der Waals surface area (Å²) in [6, 6.07) is 7.37. The number of hydrogen-bond acceptors (Lipinski definition) is 3. The van der Waals surface area contributed by atoms with E-state index in [1.807, 2.05) is 24.3 Å². The van der Waals surface area contributed by atoms with Crippen molar-refractivity contribution in [3.8, 4) is 0 Å². The van der Waals surface area contributed by atoms with Crippen LogP contribution in [0.15, 0.2) is 30.3 Å². The highest BCUT2D eigenvalue weighted by Crippen LogP contribution is 2.22. The largest absolute Gasteiger partial charge is 0.459 e. The van der Waals surface area contributed by atoms with Crippen LogP contribution in [0.4, 0.5) is 5.69 Å². The highest BCUT2D eigenvalue weighted by molar-refractivity contribution is 5.87. The first kappa shape index (κ1) is 10.7. The monoisotopic (exact) mass is 217 g/mol. The van der Waals surface area contributed by atoms with Gasteiger partial charge in [-0.3, -0.25) is 0 Å². The summed E-state index contributed by atoms with van der Waals surface area (Å²) in [5.74, 6) is -0.271. The standard InChI is InChI=1S/C13H15NO2/c14-11-4-1-3-10(9-11)7-8-13(15)16-12-5-2-6-12/h1,3-4,7-9,12H,2,5-6,14H2/b8-7+. The van der Waals surface area contributed by atoms with E-state index in [4.69, 9.17) is 10.5 Å². The molecule has 0 radical (unpaired) electrons. The third kappa shape index (κ3) is 2.86. The average Bonchev–Trinajstić information content (AvgIpc) is 2.21. The van der Waals surface area contributed by atoms with E-state index in [2.05, 4.69) is 0 Å². The van der Waals surface area contributed by atoms with E-state index >= 15 is 0 Å². The summed E-state index contributed by atoms with van der Waals surface area (Å²) in [5.41, 5.74) is 7.22. The molecule has 1 fully saturated rings. The quantitative estimate of drug-likeness (QED) is 0.480. The normalized spacial score (nSPS) is 16.0. The molecule has 1 saturated carbocycles. The van der Waals surface area contributed by atoms with Crippen molar-refractivity contribution in [2.45, 2.75) is 25.4 Å². The zero-order valence-electron chi connectivity index (χ0n) is 9.06. The topological polar surface area (TPSA) is 52.3 Å². The molecule has 0 saturated heterocycles. The lowest BCUT2D eigenvalue weighted by Gasteiger charge is -2.24. The molecule has 0 aliphatic heterocycles. The Labute approximate surface area is 94.9 Å². The van der Waals surface area contributed by atoms with E-state index < -0.39 is 0 Å². The lowest BCUT2D eigenvalue weighted by molar-refractivity contribution is -0.146. The maximum absolute atomic E-state index is 11.4. The Morgan fingerprint density at radius 2 is 2.25 bits per heavy atom. The number of nitrogens with two attached hydrogens (primary N) is 1. The Morgan fingerprint density at radius 3 is 2.88 bits per heavy atom. The Bertz CT molecular complexity index is 408. The SMILES string of the molecule is Nc1cccc(/C=C/C(=O)OC2CCC2)c1. The predicted octanol–water partition coefficient (Wildman–Crippen LogP) is 2.38. The maximum atomic E-state index is 11.4. The number of carbonyl (C=O) groups excluding carboxylic acids is 1. The number of esters is 1. The molecule has 0 amide bonds. The minimum Gasteiger partial charge on any atom is -0.459 e. The van der Waals surface area contributed by atoms with Crippen LogP contribution in [0.1, 0.15) is 24.8 Å². The second-order valence-electron chi connectivity index (χ2n) is 3.99. The van der Waals surface area contributed by atoms with E-state index in [1.54, 1.807) is 6.08 Å². The fourth-order valence-corrected chi connectivity index (χ4v) is 1.52. The van der Waals surface area contributed by atoms with Crippen LogP contribution in [0, 0.1) is 0 Å². The number of hydrogen-bond donors (Lipinski definition) is 1. The van der Waals surface area contributed by atoms with Crippen molar-refractivity contribution >= 4 is 17.7 Å². The van der Waals surface area contributed by atoms with Gasteiger partial charge in [0, 0.05) is 11.8 Å². The molecule has 84 valence electrons. The fourth-order valence-electron chi connectivity index (χ4n) is 1.52. The molecule has 2 N–H and O–H groups in total. The van der Waals surface area contributed by atoms with Crippen molar-refractivity contribution in [3.05, 3.63) is 35.9 Å². The third-order valence-corrected chi connectivity index (χ3v) is 2.66. The third-order valence-electron chi connectivity index (χ3n) is 2.66. The van der Waals surface area contributed by atoms with Gasteiger partial charge in [0.05, 0.1) is 0 Å². The van der Waals surface area contributed by atoms with E-state index in [0.717, 1.165) is 24.8 Å². The Balaban J connectivity index is 1.90. The van der Waals surface area contributed by atoms with Gasteiger partial charge in [0.1, 0.15) is 6.10 Å². The number of carbonyl (C=O) groups is 1. The Hall–Kier alpha value is -1.77. The summed E-state index contributed by atoms with van der Waals surface area (Å²) in [6.45, 7) is 0. The second kappa shape index (κ2) is 4.84. The van der Waals surface area contributed by atoms with Gasteiger partial charge in [0.15, 0.2) is 0 Å². The van der Waals surface area contributed by atoms with Gasteiger partial charge < -0.3 is 10.5 Å². The summed E-state index contributed by atoms with van der Waals surface area (Å²) >= 11 is 0. The number of ether oxygens (including phenoxy) is 1. The van der Waals surface area contributed by atoms with Gasteiger partial charge in [0.25, 0.3) is 0 Å². The lowest BCUT2D eigenvalue weighted by atomic mass is 9.96. The van der Waals surface area contributed by atoms with Crippen molar-refractivity contribution in [2.24, 2.45) is 0 Å². The summed E-state index contributed by atoms with van der Waals surface area (Å²) in [6.07, 6.45) is 6.47. The summed E-state index contributed by atoms with van der Waals surface area (Å²) < 4.78 is 5.18. The first-order chi connectivity index (χ1) is 7.74. The minimum atomic E-state index is -0.271. The zero-order valence-corrected chi connectivity index (χ0v) is 9.06. The molecule has 1 aromatic rings. The first-order valence-electron chi connectivity index (χ1n) is 5.48. The highest BCUT2D eigenvalue weighted by Gasteiger charge is 2.20. The summed E-state index contributed by atoms with van der Waals surface area (Å²) in [5, 5.41) is 0. The Kier molecular flexibility index (Phi) is 3.25. The van der Waals surface area contributed by atoms with Crippen LogP contribution in [0.5, 0.6) is 0 Å². The number of benzene rings is 1. The van der Waals surface area contributed by atoms with Gasteiger partial charge in [-0.25, -0.2) is 4.79 Å². The molecule has 1 aromatic carbocycles. The molecule has 1 aliphatic rings. The van der Waals surface area contributed by atoms with Crippen molar-refractivity contribution in [2.75, 3.05) is 5.73 Å². The number of rotatable bonds is 3. The van der Waals surface area contributed by atoms with Gasteiger partial charge in [-0.1, -0.05) is 12.1 Å². The molecule has 0 bridgehead atoms. The summed E-state index contributed by atoms with van der Waals surface area (Å²) in [4.78, 5) is 11.4. The molecule has 16 heavy (non-hydrogen) atoms. The van der Waals surface area contributed by atoms with Crippen molar-refractivity contribution < 1.29 is 9.53 Å². The predicted molar refractivity (Wildman–Crippen MR) is 63.6 cm³/mol. The first-order valence-corrected chi connectivity index (χ1v) is 5.48. The molecular formula is C13H15NO2. The number of nitrogen functional groups attached to an aromatic ring is 1. The van der Waals surface area contributed by atoms with Crippen molar-refractivity contribution in [3.63, 3.8) is 0 Å². The number of anilines is 1. The van der Waals surface area contributed by atoms with Crippen LogP contribution < -0.4 is 5.73 Å².